The maximum Gasteiger partial charge on any atom is 0.227 e. The van der Waals surface area contributed by atoms with Crippen molar-refractivity contribution in [1.29, 1.82) is 0 Å². The smallest absolute Gasteiger partial charge is 0.227 e. The molecule has 1 aromatic heterocycles. The van der Waals surface area contributed by atoms with Gasteiger partial charge in [-0.2, -0.15) is 4.98 Å². The van der Waals surface area contributed by atoms with Gasteiger partial charge in [-0.25, -0.2) is 0 Å². The zero-order chi connectivity index (χ0) is 15.2. The largest absolute Gasteiger partial charge is 0.381 e. The minimum atomic E-state index is 0.0934. The molecule has 1 saturated heterocycles. The molecule has 0 spiro atoms. The number of hydrogen-bond donors (Lipinski definition) is 1. The van der Waals surface area contributed by atoms with Gasteiger partial charge in [0.05, 0.1) is 6.61 Å². The van der Waals surface area contributed by atoms with Crippen molar-refractivity contribution < 1.29 is 14.1 Å². The summed E-state index contributed by atoms with van der Waals surface area (Å²) in [5, 5.41) is 7.15. The molecule has 122 valence electrons. The number of amides is 1. The first-order valence-corrected chi connectivity index (χ1v) is 8.51. The van der Waals surface area contributed by atoms with Gasteiger partial charge in [0.25, 0.3) is 0 Å². The molecule has 2 fully saturated rings. The first-order valence-electron chi connectivity index (χ1n) is 8.51. The molecule has 1 aliphatic carbocycles. The topological polar surface area (TPSA) is 77.2 Å². The first kappa shape index (κ1) is 15.5. The monoisotopic (exact) mass is 307 g/mol. The second-order valence-electron chi connectivity index (χ2n) is 6.36. The van der Waals surface area contributed by atoms with E-state index in [0.29, 0.717) is 31.4 Å². The molecule has 6 nitrogen and oxygen atoms in total. The van der Waals surface area contributed by atoms with Gasteiger partial charge in [0, 0.05) is 31.4 Å². The fourth-order valence-electron chi connectivity index (χ4n) is 3.22. The zero-order valence-electron chi connectivity index (χ0n) is 13.1. The van der Waals surface area contributed by atoms with Crippen molar-refractivity contribution >= 4 is 5.91 Å². The summed E-state index contributed by atoms with van der Waals surface area (Å²) in [6.45, 7) is 1.43. The molecule has 1 saturated carbocycles. The average molecular weight is 307 g/mol. The van der Waals surface area contributed by atoms with E-state index in [1.807, 2.05) is 0 Å². The lowest BCUT2D eigenvalue weighted by atomic mass is 10.1. The molecule has 0 bridgehead atoms. The molecule has 1 aromatic rings. The van der Waals surface area contributed by atoms with Crippen LogP contribution in [0.1, 0.15) is 69.0 Å². The van der Waals surface area contributed by atoms with Crippen molar-refractivity contribution in [3.8, 4) is 0 Å². The highest BCUT2D eigenvalue weighted by atomic mass is 16.5. The summed E-state index contributed by atoms with van der Waals surface area (Å²) in [6, 6.07) is 0.351. The number of aryl methyl sites for hydroxylation is 1. The average Bonchev–Trinajstić information content (AvgIpc) is 3.14. The Kier molecular flexibility index (Phi) is 5.43. The van der Waals surface area contributed by atoms with E-state index in [9.17, 15) is 4.79 Å². The number of hydrogen-bond acceptors (Lipinski definition) is 5. The quantitative estimate of drug-likeness (QED) is 0.845. The van der Waals surface area contributed by atoms with Gasteiger partial charge in [0.15, 0.2) is 5.82 Å². The molecule has 0 unspecified atom stereocenters. The summed E-state index contributed by atoms with van der Waals surface area (Å²) in [6.07, 6.45) is 9.13. The van der Waals surface area contributed by atoms with Gasteiger partial charge in [0.2, 0.25) is 11.8 Å². The molecule has 1 N–H and O–H groups in total. The van der Waals surface area contributed by atoms with E-state index in [2.05, 4.69) is 15.5 Å². The zero-order valence-corrected chi connectivity index (χ0v) is 13.1. The van der Waals surface area contributed by atoms with Gasteiger partial charge in [-0.3, -0.25) is 4.79 Å². The Hall–Kier alpha value is -1.43. The van der Waals surface area contributed by atoms with E-state index >= 15 is 0 Å². The summed E-state index contributed by atoms with van der Waals surface area (Å²) >= 11 is 0. The Bertz CT molecular complexity index is 475. The van der Waals surface area contributed by atoms with Gasteiger partial charge in [-0.05, 0) is 19.3 Å². The lowest BCUT2D eigenvalue weighted by Gasteiger charge is -2.15. The van der Waals surface area contributed by atoms with Crippen LogP contribution in [0, 0.1) is 0 Å². The molecule has 1 aliphatic heterocycles. The Morgan fingerprint density at radius 1 is 1.18 bits per heavy atom. The Morgan fingerprint density at radius 3 is 2.73 bits per heavy atom. The first-order chi connectivity index (χ1) is 10.8. The Labute approximate surface area is 131 Å². The Morgan fingerprint density at radius 2 is 2.00 bits per heavy atom. The van der Waals surface area contributed by atoms with Gasteiger partial charge in [-0.15, -0.1) is 0 Å². The second-order valence-corrected chi connectivity index (χ2v) is 6.36. The van der Waals surface area contributed by atoms with Crippen LogP contribution in [-0.2, 0) is 16.0 Å². The normalized spacial score (nSPS) is 23.4. The second kappa shape index (κ2) is 7.72. The molecular weight excluding hydrogens is 282 g/mol. The number of carbonyl (C=O) groups excluding carboxylic acids is 1. The van der Waals surface area contributed by atoms with Crippen LogP contribution in [0.3, 0.4) is 0 Å². The highest BCUT2D eigenvalue weighted by Crippen LogP contribution is 2.22. The van der Waals surface area contributed by atoms with Crippen LogP contribution in [0.2, 0.25) is 0 Å². The van der Waals surface area contributed by atoms with E-state index in [1.165, 1.54) is 25.7 Å². The number of nitrogens with one attached hydrogen (secondary N) is 1. The fraction of sp³-hybridized carbons (Fsp3) is 0.812. The SMILES string of the molecule is O=C(CCc1nc([C@@H]2CCOC2)no1)NC1CCCCCC1. The van der Waals surface area contributed by atoms with Gasteiger partial charge in [0.1, 0.15) is 0 Å². The lowest BCUT2D eigenvalue weighted by Crippen LogP contribution is -2.34. The van der Waals surface area contributed by atoms with Crippen LogP contribution in [-0.4, -0.2) is 35.3 Å². The predicted octanol–water partition coefficient (Wildman–Crippen LogP) is 2.35. The van der Waals surface area contributed by atoms with Crippen LogP contribution in [0.25, 0.3) is 0 Å². The molecule has 1 amide bonds. The van der Waals surface area contributed by atoms with Crippen molar-refractivity contribution in [1.82, 2.24) is 15.5 Å². The molecule has 3 rings (SSSR count). The number of rotatable bonds is 5. The van der Waals surface area contributed by atoms with E-state index in [-0.39, 0.29) is 11.8 Å². The molecule has 2 aliphatic rings. The third-order valence-electron chi connectivity index (χ3n) is 4.56. The molecule has 22 heavy (non-hydrogen) atoms. The maximum absolute atomic E-state index is 12.0. The highest BCUT2D eigenvalue weighted by molar-refractivity contribution is 5.76. The maximum atomic E-state index is 12.0. The fourth-order valence-corrected chi connectivity index (χ4v) is 3.22. The Balaban J connectivity index is 1.42. The lowest BCUT2D eigenvalue weighted by molar-refractivity contribution is -0.121. The van der Waals surface area contributed by atoms with Crippen LogP contribution in [0.4, 0.5) is 0 Å². The predicted molar refractivity (Wildman–Crippen MR) is 80.4 cm³/mol. The van der Waals surface area contributed by atoms with Crippen molar-refractivity contribution in [2.75, 3.05) is 13.2 Å². The molecule has 1 atom stereocenters. The van der Waals surface area contributed by atoms with Crippen LogP contribution >= 0.6 is 0 Å². The van der Waals surface area contributed by atoms with Crippen LogP contribution < -0.4 is 5.32 Å². The number of aromatic nitrogens is 2. The standard InChI is InChI=1S/C16H25N3O3/c20-14(17-13-5-3-1-2-4-6-13)7-8-15-18-16(19-22-15)12-9-10-21-11-12/h12-13H,1-11H2,(H,17,20)/t12-/m1/s1. The summed E-state index contributed by atoms with van der Waals surface area (Å²) in [7, 11) is 0. The summed E-state index contributed by atoms with van der Waals surface area (Å²) in [5.74, 6) is 1.61. The third kappa shape index (κ3) is 4.29. The summed E-state index contributed by atoms with van der Waals surface area (Å²) in [5.41, 5.74) is 0. The molecular formula is C16H25N3O3. The number of carbonyl (C=O) groups is 1. The van der Waals surface area contributed by atoms with E-state index in [4.69, 9.17) is 9.26 Å². The summed E-state index contributed by atoms with van der Waals surface area (Å²) < 4.78 is 10.6. The third-order valence-corrected chi connectivity index (χ3v) is 4.56. The molecule has 6 heteroatoms. The minimum absolute atomic E-state index is 0.0934. The number of nitrogens with zero attached hydrogens (tertiary/aromatic N) is 2. The van der Waals surface area contributed by atoms with E-state index in [1.54, 1.807) is 0 Å². The van der Waals surface area contributed by atoms with Crippen molar-refractivity contribution in [3.63, 3.8) is 0 Å². The van der Waals surface area contributed by atoms with E-state index < -0.39 is 0 Å². The molecule has 2 heterocycles. The van der Waals surface area contributed by atoms with Crippen LogP contribution in [0.5, 0.6) is 0 Å². The van der Waals surface area contributed by atoms with Gasteiger partial charge in [-0.1, -0.05) is 30.8 Å². The van der Waals surface area contributed by atoms with Crippen LogP contribution in [0.15, 0.2) is 4.52 Å². The summed E-state index contributed by atoms with van der Waals surface area (Å²) in [4.78, 5) is 16.4. The molecule has 0 radical (unpaired) electrons. The minimum Gasteiger partial charge on any atom is -0.381 e. The van der Waals surface area contributed by atoms with Gasteiger partial charge < -0.3 is 14.6 Å². The van der Waals surface area contributed by atoms with Crippen molar-refractivity contribution in [2.45, 2.75) is 69.7 Å². The molecule has 0 aromatic carbocycles. The van der Waals surface area contributed by atoms with Crippen molar-refractivity contribution in [2.24, 2.45) is 0 Å². The van der Waals surface area contributed by atoms with Gasteiger partial charge >= 0.3 is 0 Å². The highest BCUT2D eigenvalue weighted by Gasteiger charge is 2.23. The van der Waals surface area contributed by atoms with Crippen molar-refractivity contribution in [3.05, 3.63) is 11.7 Å². The van der Waals surface area contributed by atoms with E-state index in [0.717, 1.165) is 31.7 Å². The number of ether oxygens (including phenoxy) is 1.